The first-order valence-corrected chi connectivity index (χ1v) is 8.87. The first-order valence-electron chi connectivity index (χ1n) is 8.87. The third-order valence-corrected chi connectivity index (χ3v) is 5.25. The van der Waals surface area contributed by atoms with Crippen molar-refractivity contribution < 1.29 is 43.2 Å². The lowest BCUT2D eigenvalue weighted by molar-refractivity contribution is -0.170. The number of methoxy groups -OCH3 is 5. The minimum absolute atomic E-state index is 0.270. The van der Waals surface area contributed by atoms with E-state index in [2.05, 4.69) is 0 Å². The van der Waals surface area contributed by atoms with E-state index in [1.54, 1.807) is 0 Å². The van der Waals surface area contributed by atoms with Gasteiger partial charge in [0.15, 0.2) is 17.3 Å². The summed E-state index contributed by atoms with van der Waals surface area (Å²) in [6, 6.07) is 3.07. The van der Waals surface area contributed by atoms with Crippen LogP contribution in [0.1, 0.15) is 24.8 Å². The summed E-state index contributed by atoms with van der Waals surface area (Å²) in [5.41, 5.74) is -1.38. The van der Waals surface area contributed by atoms with Gasteiger partial charge in [0.05, 0.1) is 47.1 Å². The number of aliphatic hydroxyl groups is 1. The maximum atomic E-state index is 12.8. The van der Waals surface area contributed by atoms with Gasteiger partial charge in [-0.3, -0.25) is 14.4 Å². The Labute approximate surface area is 168 Å². The van der Waals surface area contributed by atoms with Crippen LogP contribution in [0.15, 0.2) is 12.1 Å². The minimum Gasteiger partial charge on any atom is -0.493 e. The monoisotopic (exact) mass is 410 g/mol. The Morgan fingerprint density at radius 3 is 1.90 bits per heavy atom. The Balaban J connectivity index is 2.80. The van der Waals surface area contributed by atoms with Crippen molar-refractivity contribution in [1.82, 2.24) is 0 Å². The summed E-state index contributed by atoms with van der Waals surface area (Å²) in [6.07, 6.45) is -0.395. The molecule has 0 saturated heterocycles. The molecule has 1 aromatic rings. The van der Waals surface area contributed by atoms with Crippen LogP contribution in [0.5, 0.6) is 17.2 Å². The summed E-state index contributed by atoms with van der Waals surface area (Å²) in [7, 11) is 6.59. The van der Waals surface area contributed by atoms with Gasteiger partial charge < -0.3 is 28.8 Å². The largest absolute Gasteiger partial charge is 0.493 e. The normalized spacial score (nSPS) is 26.4. The molecule has 0 bridgehead atoms. The molecule has 1 saturated carbocycles. The molecule has 4 unspecified atom stereocenters. The van der Waals surface area contributed by atoms with Crippen molar-refractivity contribution in [3.8, 4) is 17.2 Å². The molecule has 0 spiro atoms. The quantitative estimate of drug-likeness (QED) is 0.543. The molecule has 0 aromatic heterocycles. The summed E-state index contributed by atoms with van der Waals surface area (Å²) >= 11 is 0. The summed E-state index contributed by atoms with van der Waals surface area (Å²) in [5.74, 6) is -4.85. The second-order valence-corrected chi connectivity index (χ2v) is 6.99. The fourth-order valence-corrected chi connectivity index (χ4v) is 3.96. The van der Waals surface area contributed by atoms with Crippen LogP contribution in [0.25, 0.3) is 0 Å². The van der Waals surface area contributed by atoms with Gasteiger partial charge in [-0.2, -0.15) is 0 Å². The SMILES string of the molecule is COC(=O)C1C(=O)CC(C)(O)C(C(=O)OC)C1c1cc(OC)c(OC)c(OC)c1. The summed E-state index contributed by atoms with van der Waals surface area (Å²) in [5, 5.41) is 10.9. The van der Waals surface area contributed by atoms with Crippen molar-refractivity contribution in [3.05, 3.63) is 17.7 Å². The molecule has 0 amide bonds. The van der Waals surface area contributed by atoms with Gasteiger partial charge in [0.25, 0.3) is 0 Å². The van der Waals surface area contributed by atoms with Gasteiger partial charge >= 0.3 is 11.9 Å². The summed E-state index contributed by atoms with van der Waals surface area (Å²) < 4.78 is 25.7. The minimum atomic E-state index is -1.74. The molecule has 0 aliphatic heterocycles. The number of carbonyl (C=O) groups is 3. The van der Waals surface area contributed by atoms with Crippen LogP contribution in [0, 0.1) is 11.8 Å². The summed E-state index contributed by atoms with van der Waals surface area (Å²) in [6.45, 7) is 1.37. The van der Waals surface area contributed by atoms with Crippen LogP contribution in [0.3, 0.4) is 0 Å². The van der Waals surface area contributed by atoms with E-state index >= 15 is 0 Å². The molecule has 1 aliphatic carbocycles. The molecule has 0 heterocycles. The fourth-order valence-electron chi connectivity index (χ4n) is 3.96. The Morgan fingerprint density at radius 2 is 1.48 bits per heavy atom. The average molecular weight is 410 g/mol. The van der Waals surface area contributed by atoms with Gasteiger partial charge in [0.1, 0.15) is 5.92 Å². The second-order valence-electron chi connectivity index (χ2n) is 6.99. The van der Waals surface area contributed by atoms with Crippen molar-refractivity contribution in [2.45, 2.75) is 24.9 Å². The number of ketones is 1. The molecule has 1 N–H and O–H groups in total. The number of carbonyl (C=O) groups excluding carboxylic acids is 3. The maximum absolute atomic E-state index is 12.8. The fraction of sp³-hybridized carbons (Fsp3) is 0.550. The van der Waals surface area contributed by atoms with Gasteiger partial charge in [-0.1, -0.05) is 0 Å². The zero-order valence-corrected chi connectivity index (χ0v) is 17.3. The molecule has 1 aromatic carbocycles. The van der Waals surface area contributed by atoms with E-state index in [1.807, 2.05) is 0 Å². The molecule has 9 nitrogen and oxygen atoms in total. The van der Waals surface area contributed by atoms with Crippen LogP contribution in [0.4, 0.5) is 0 Å². The van der Waals surface area contributed by atoms with E-state index < -0.39 is 47.5 Å². The highest BCUT2D eigenvalue weighted by atomic mass is 16.5. The van der Waals surface area contributed by atoms with E-state index in [-0.39, 0.29) is 11.5 Å². The highest BCUT2D eigenvalue weighted by Gasteiger charge is 2.57. The van der Waals surface area contributed by atoms with Gasteiger partial charge in [-0.05, 0) is 24.6 Å². The van der Waals surface area contributed by atoms with Gasteiger partial charge in [-0.15, -0.1) is 0 Å². The van der Waals surface area contributed by atoms with E-state index in [0.29, 0.717) is 11.3 Å². The Hall–Kier alpha value is -2.81. The smallest absolute Gasteiger partial charge is 0.316 e. The highest BCUT2D eigenvalue weighted by Crippen LogP contribution is 2.49. The Morgan fingerprint density at radius 1 is 0.966 bits per heavy atom. The van der Waals surface area contributed by atoms with Crippen molar-refractivity contribution in [3.63, 3.8) is 0 Å². The second kappa shape index (κ2) is 8.69. The Bertz CT molecular complexity index is 774. The third kappa shape index (κ3) is 4.00. The zero-order valence-electron chi connectivity index (χ0n) is 17.3. The standard InChI is InChI=1S/C20H26O9/c1-20(24)9-11(21)15(18(22)28-5)14(16(20)19(23)29-6)10-7-12(25-2)17(27-4)13(8-10)26-3/h7-8,14-16,24H,9H2,1-6H3. The van der Waals surface area contributed by atoms with Crippen LogP contribution in [0.2, 0.25) is 0 Å². The molecule has 29 heavy (non-hydrogen) atoms. The van der Waals surface area contributed by atoms with E-state index in [0.717, 1.165) is 7.11 Å². The first kappa shape index (κ1) is 22.5. The molecule has 9 heteroatoms. The highest BCUT2D eigenvalue weighted by molar-refractivity contribution is 6.02. The van der Waals surface area contributed by atoms with Crippen molar-refractivity contribution in [1.29, 1.82) is 0 Å². The van der Waals surface area contributed by atoms with Crippen molar-refractivity contribution in [2.24, 2.45) is 11.8 Å². The predicted octanol–water partition coefficient (Wildman–Crippen LogP) is 1.10. The van der Waals surface area contributed by atoms with Crippen LogP contribution >= 0.6 is 0 Å². The number of Topliss-reactive ketones (excluding diaryl/α,β-unsaturated/α-hetero) is 1. The molecular weight excluding hydrogens is 384 g/mol. The van der Waals surface area contributed by atoms with Crippen LogP contribution < -0.4 is 14.2 Å². The number of hydrogen-bond acceptors (Lipinski definition) is 9. The molecule has 1 fully saturated rings. The van der Waals surface area contributed by atoms with Crippen LogP contribution in [-0.2, 0) is 23.9 Å². The number of hydrogen-bond donors (Lipinski definition) is 1. The molecule has 1 aliphatic rings. The van der Waals surface area contributed by atoms with E-state index in [4.69, 9.17) is 23.7 Å². The first-order chi connectivity index (χ1) is 13.7. The molecule has 0 radical (unpaired) electrons. The van der Waals surface area contributed by atoms with E-state index in [9.17, 15) is 19.5 Å². The molecular formula is C20H26O9. The topological polar surface area (TPSA) is 118 Å². The lowest BCUT2D eigenvalue weighted by Crippen LogP contribution is -2.55. The zero-order chi connectivity index (χ0) is 21.9. The van der Waals surface area contributed by atoms with Crippen molar-refractivity contribution >= 4 is 17.7 Å². The molecule has 160 valence electrons. The lowest BCUT2D eigenvalue weighted by Gasteiger charge is -2.43. The number of ether oxygens (including phenoxy) is 5. The van der Waals surface area contributed by atoms with Gasteiger partial charge in [0, 0.05) is 12.3 Å². The van der Waals surface area contributed by atoms with Gasteiger partial charge in [-0.25, -0.2) is 0 Å². The predicted molar refractivity (Wildman–Crippen MR) is 100 cm³/mol. The molecule has 2 rings (SSSR count). The van der Waals surface area contributed by atoms with Crippen molar-refractivity contribution in [2.75, 3.05) is 35.5 Å². The van der Waals surface area contributed by atoms with E-state index in [1.165, 1.54) is 47.5 Å². The Kier molecular flexibility index (Phi) is 6.73. The average Bonchev–Trinajstić information content (AvgIpc) is 2.70. The van der Waals surface area contributed by atoms with Gasteiger partial charge in [0.2, 0.25) is 5.75 Å². The molecule has 4 atom stereocenters. The number of rotatable bonds is 6. The summed E-state index contributed by atoms with van der Waals surface area (Å²) in [4.78, 5) is 37.9. The third-order valence-electron chi connectivity index (χ3n) is 5.25. The number of esters is 2. The number of benzene rings is 1. The lowest BCUT2D eigenvalue weighted by atomic mass is 9.61. The maximum Gasteiger partial charge on any atom is 0.316 e. The van der Waals surface area contributed by atoms with Crippen LogP contribution in [-0.4, -0.2) is 64.0 Å².